The van der Waals surface area contributed by atoms with Crippen molar-refractivity contribution in [1.82, 2.24) is 0 Å². The topological polar surface area (TPSA) is 38.0 Å². The third-order valence-electron chi connectivity index (χ3n) is 2.37. The van der Waals surface area contributed by atoms with E-state index in [9.17, 15) is 0 Å². The second kappa shape index (κ2) is 6.21. The number of rotatable bonds is 5. The van der Waals surface area contributed by atoms with Crippen molar-refractivity contribution in [2.75, 3.05) is 17.6 Å². The van der Waals surface area contributed by atoms with Crippen LogP contribution in [0.1, 0.15) is 26.7 Å². The molecule has 0 aliphatic heterocycles. The Kier molecular flexibility index (Phi) is 5.23. The molecule has 2 nitrogen and oxygen atoms in total. The maximum Gasteiger partial charge on any atom is 0.0614 e. The molecule has 1 aromatic carbocycles. The molecular formula is C12H18Cl2N2. The van der Waals surface area contributed by atoms with Gasteiger partial charge in [0, 0.05) is 6.54 Å². The van der Waals surface area contributed by atoms with Crippen LogP contribution >= 0.6 is 23.2 Å². The van der Waals surface area contributed by atoms with Crippen LogP contribution in [0.5, 0.6) is 0 Å². The molecule has 0 aliphatic carbocycles. The van der Waals surface area contributed by atoms with Gasteiger partial charge in [-0.05, 0) is 30.9 Å². The first-order valence-corrected chi connectivity index (χ1v) is 6.24. The number of hydrogen-bond acceptors (Lipinski definition) is 2. The first kappa shape index (κ1) is 13.5. The quantitative estimate of drug-likeness (QED) is 0.608. The van der Waals surface area contributed by atoms with E-state index in [1.165, 1.54) is 6.42 Å². The molecular weight excluding hydrogens is 243 g/mol. The molecule has 4 heteroatoms. The van der Waals surface area contributed by atoms with Crippen LogP contribution in [0, 0.1) is 5.92 Å². The zero-order chi connectivity index (χ0) is 12.1. The fourth-order valence-corrected chi connectivity index (χ4v) is 1.78. The Morgan fingerprint density at radius 1 is 1.25 bits per heavy atom. The molecule has 0 bridgehead atoms. The highest BCUT2D eigenvalue weighted by atomic mass is 35.5. The molecule has 0 saturated carbocycles. The molecule has 0 aliphatic rings. The van der Waals surface area contributed by atoms with Gasteiger partial charge in [0.2, 0.25) is 0 Å². The van der Waals surface area contributed by atoms with Crippen molar-refractivity contribution in [2.45, 2.75) is 26.7 Å². The molecule has 0 unspecified atom stereocenters. The van der Waals surface area contributed by atoms with Crippen molar-refractivity contribution < 1.29 is 0 Å². The molecule has 16 heavy (non-hydrogen) atoms. The van der Waals surface area contributed by atoms with Crippen molar-refractivity contribution >= 4 is 34.6 Å². The minimum Gasteiger partial charge on any atom is -0.397 e. The molecule has 1 aromatic rings. The highest BCUT2D eigenvalue weighted by Gasteiger charge is 2.04. The number of hydrogen-bond donors (Lipinski definition) is 2. The molecule has 0 radical (unpaired) electrons. The van der Waals surface area contributed by atoms with Crippen LogP contribution in [0.15, 0.2) is 12.1 Å². The monoisotopic (exact) mass is 260 g/mol. The highest BCUT2D eigenvalue weighted by Crippen LogP contribution is 2.30. The fraction of sp³-hybridized carbons (Fsp3) is 0.500. The van der Waals surface area contributed by atoms with E-state index in [-0.39, 0.29) is 0 Å². The smallest absolute Gasteiger partial charge is 0.0614 e. The predicted molar refractivity (Wildman–Crippen MR) is 73.4 cm³/mol. The molecule has 0 aromatic heterocycles. The van der Waals surface area contributed by atoms with Gasteiger partial charge >= 0.3 is 0 Å². The minimum absolute atomic E-state index is 0.492. The van der Waals surface area contributed by atoms with Crippen LogP contribution < -0.4 is 11.1 Å². The molecule has 0 fully saturated rings. The lowest BCUT2D eigenvalue weighted by Gasteiger charge is -2.11. The van der Waals surface area contributed by atoms with Gasteiger partial charge in [-0.3, -0.25) is 0 Å². The molecule has 1 rings (SSSR count). The Morgan fingerprint density at radius 3 is 2.50 bits per heavy atom. The first-order valence-electron chi connectivity index (χ1n) is 5.49. The van der Waals surface area contributed by atoms with E-state index in [1.54, 1.807) is 12.1 Å². The lowest BCUT2D eigenvalue weighted by molar-refractivity contribution is 0.567. The number of nitrogens with one attached hydrogen (secondary N) is 1. The molecule has 0 saturated heterocycles. The van der Waals surface area contributed by atoms with Gasteiger partial charge in [0.25, 0.3) is 0 Å². The third-order valence-corrected chi connectivity index (χ3v) is 3.09. The average Bonchev–Trinajstić information content (AvgIpc) is 2.19. The van der Waals surface area contributed by atoms with E-state index in [0.29, 0.717) is 15.7 Å². The zero-order valence-electron chi connectivity index (χ0n) is 9.69. The second-order valence-corrected chi connectivity index (χ2v) is 5.13. The molecule has 90 valence electrons. The molecule has 0 spiro atoms. The van der Waals surface area contributed by atoms with E-state index in [0.717, 1.165) is 24.6 Å². The van der Waals surface area contributed by atoms with E-state index in [4.69, 9.17) is 28.9 Å². The lowest BCUT2D eigenvalue weighted by atomic mass is 10.1. The average molecular weight is 261 g/mol. The number of halogens is 2. The minimum atomic E-state index is 0.492. The van der Waals surface area contributed by atoms with Crippen LogP contribution in [0.2, 0.25) is 10.0 Å². The number of benzene rings is 1. The molecule has 0 atom stereocenters. The summed E-state index contributed by atoms with van der Waals surface area (Å²) in [7, 11) is 0. The highest BCUT2D eigenvalue weighted by molar-refractivity contribution is 6.42. The normalized spacial score (nSPS) is 10.8. The van der Waals surface area contributed by atoms with Gasteiger partial charge in [-0.15, -0.1) is 0 Å². The Morgan fingerprint density at radius 2 is 1.88 bits per heavy atom. The van der Waals surface area contributed by atoms with Gasteiger partial charge in [0.1, 0.15) is 0 Å². The summed E-state index contributed by atoms with van der Waals surface area (Å²) in [5.74, 6) is 0.730. The molecule has 0 amide bonds. The van der Waals surface area contributed by atoms with Gasteiger partial charge in [0.15, 0.2) is 0 Å². The van der Waals surface area contributed by atoms with Gasteiger partial charge in [-0.25, -0.2) is 0 Å². The van der Waals surface area contributed by atoms with E-state index in [2.05, 4.69) is 19.2 Å². The standard InChI is InChI=1S/C12H18Cl2N2/c1-8(2)4-3-5-16-12-7-10(14)9(13)6-11(12)15/h6-8,16H,3-5,15H2,1-2H3. The largest absolute Gasteiger partial charge is 0.397 e. The summed E-state index contributed by atoms with van der Waals surface area (Å²) in [6.07, 6.45) is 2.32. The van der Waals surface area contributed by atoms with Crippen LogP contribution in [0.3, 0.4) is 0 Å². The second-order valence-electron chi connectivity index (χ2n) is 4.32. The van der Waals surface area contributed by atoms with Crippen molar-refractivity contribution in [3.63, 3.8) is 0 Å². The number of nitrogens with two attached hydrogens (primary N) is 1. The van der Waals surface area contributed by atoms with Crippen molar-refractivity contribution in [3.05, 3.63) is 22.2 Å². The van der Waals surface area contributed by atoms with Crippen molar-refractivity contribution in [3.8, 4) is 0 Å². The summed E-state index contributed by atoms with van der Waals surface area (Å²) in [4.78, 5) is 0. The predicted octanol–water partition coefficient (Wildman–Crippen LogP) is 4.42. The zero-order valence-corrected chi connectivity index (χ0v) is 11.2. The fourth-order valence-electron chi connectivity index (χ4n) is 1.45. The third kappa shape index (κ3) is 4.11. The van der Waals surface area contributed by atoms with Crippen LogP contribution in [-0.4, -0.2) is 6.54 Å². The summed E-state index contributed by atoms with van der Waals surface area (Å²) in [6.45, 7) is 5.33. The number of nitrogen functional groups attached to an aromatic ring is 1. The maximum atomic E-state index is 5.92. The van der Waals surface area contributed by atoms with Gasteiger partial charge in [-0.2, -0.15) is 0 Å². The lowest BCUT2D eigenvalue weighted by Crippen LogP contribution is -2.05. The van der Waals surface area contributed by atoms with E-state index in [1.807, 2.05) is 0 Å². The molecule has 3 N–H and O–H groups in total. The van der Waals surface area contributed by atoms with Crippen molar-refractivity contribution in [2.24, 2.45) is 5.92 Å². The SMILES string of the molecule is CC(C)CCCNc1cc(Cl)c(Cl)cc1N. The Bertz CT molecular complexity index is 351. The Labute approximate surface area is 107 Å². The Hall–Kier alpha value is -0.600. The summed E-state index contributed by atoms with van der Waals surface area (Å²) in [5, 5.41) is 4.29. The molecule has 0 heterocycles. The summed E-state index contributed by atoms with van der Waals surface area (Å²) in [5.41, 5.74) is 7.32. The summed E-state index contributed by atoms with van der Waals surface area (Å²) >= 11 is 11.8. The maximum absolute atomic E-state index is 5.92. The summed E-state index contributed by atoms with van der Waals surface area (Å²) in [6, 6.07) is 3.45. The van der Waals surface area contributed by atoms with Crippen molar-refractivity contribution in [1.29, 1.82) is 0 Å². The number of anilines is 2. The Balaban J connectivity index is 2.51. The van der Waals surface area contributed by atoms with Gasteiger partial charge in [-0.1, -0.05) is 37.0 Å². The van der Waals surface area contributed by atoms with Gasteiger partial charge in [0.05, 0.1) is 21.4 Å². The van der Waals surface area contributed by atoms with Gasteiger partial charge < -0.3 is 11.1 Å². The first-order chi connectivity index (χ1) is 7.50. The van der Waals surface area contributed by atoms with E-state index >= 15 is 0 Å². The van der Waals surface area contributed by atoms with Crippen LogP contribution in [-0.2, 0) is 0 Å². The van der Waals surface area contributed by atoms with Crippen LogP contribution in [0.4, 0.5) is 11.4 Å². The van der Waals surface area contributed by atoms with E-state index < -0.39 is 0 Å². The summed E-state index contributed by atoms with van der Waals surface area (Å²) < 4.78 is 0. The van der Waals surface area contributed by atoms with Crippen LogP contribution in [0.25, 0.3) is 0 Å².